The SMILES string of the molecule is CC/C=C\C/C=C\C/C=C\C/C=C\CCCCCCCCCCC(=O)OC(COC(=O)CCCCCCC/C=C\CCC)COC(=O)CCCCCCCCCCCCCCCCCCCCC/C=C\CCCCCCCCCC. The van der Waals surface area contributed by atoms with E-state index in [9.17, 15) is 14.4 Å². The largest absolute Gasteiger partial charge is 0.462 e. The van der Waals surface area contributed by atoms with E-state index >= 15 is 0 Å². The lowest BCUT2D eigenvalue weighted by atomic mass is 10.0. The van der Waals surface area contributed by atoms with Gasteiger partial charge in [-0.2, -0.15) is 0 Å². The van der Waals surface area contributed by atoms with E-state index in [4.69, 9.17) is 14.2 Å². The van der Waals surface area contributed by atoms with Crippen LogP contribution in [-0.2, 0) is 28.6 Å². The molecule has 6 nitrogen and oxygen atoms in total. The van der Waals surface area contributed by atoms with Gasteiger partial charge in [-0.15, -0.1) is 0 Å². The zero-order chi connectivity index (χ0) is 57.8. The van der Waals surface area contributed by atoms with Crippen LogP contribution >= 0.6 is 0 Å². The molecule has 0 amide bonds. The zero-order valence-corrected chi connectivity index (χ0v) is 53.3. The van der Waals surface area contributed by atoms with Gasteiger partial charge in [0.05, 0.1) is 0 Å². The van der Waals surface area contributed by atoms with E-state index in [0.717, 1.165) is 103 Å². The van der Waals surface area contributed by atoms with Crippen molar-refractivity contribution in [1.82, 2.24) is 0 Å². The Balaban J connectivity index is 4.13. The monoisotopic (exact) mass is 1120 g/mol. The Labute approximate surface area is 497 Å². The first-order valence-corrected chi connectivity index (χ1v) is 34.9. The van der Waals surface area contributed by atoms with Crippen molar-refractivity contribution in [2.75, 3.05) is 13.2 Å². The number of carbonyl (C=O) groups is 3. The standard InChI is InChI=1S/C74H132O6/c1-4-7-10-13-16-19-22-24-26-28-30-32-33-34-35-36-37-38-39-40-41-43-44-46-48-50-52-55-58-61-64-67-73(76)79-70-71(69-78-72(75)66-63-60-57-54-21-18-15-12-9-6-3)80-74(77)68-65-62-59-56-53-51-49-47-45-42-31-29-27-25-23-20-17-14-11-8-5-2/h8,11-12,15,17,20,25,27-28,30-31,42,71H,4-7,9-10,13-14,16,18-19,21-24,26,29,32-41,43-70H2,1-3H3/b11-8-,15-12-,20-17-,27-25-,30-28-,42-31-. The molecule has 0 bridgehead atoms. The fourth-order valence-corrected chi connectivity index (χ4v) is 10.2. The van der Waals surface area contributed by atoms with E-state index in [-0.39, 0.29) is 31.1 Å². The number of ether oxygens (including phenoxy) is 3. The summed E-state index contributed by atoms with van der Waals surface area (Å²) in [4.78, 5) is 38.3. The predicted octanol–water partition coefficient (Wildman–Crippen LogP) is 24.1. The van der Waals surface area contributed by atoms with Gasteiger partial charge in [-0.3, -0.25) is 14.4 Å². The van der Waals surface area contributed by atoms with Crippen LogP contribution < -0.4 is 0 Å². The van der Waals surface area contributed by atoms with Crippen LogP contribution in [0.3, 0.4) is 0 Å². The fraction of sp³-hybridized carbons (Fsp3) is 0.797. The van der Waals surface area contributed by atoms with Crippen molar-refractivity contribution in [2.45, 2.75) is 367 Å². The molecule has 0 spiro atoms. The highest BCUT2D eigenvalue weighted by Crippen LogP contribution is 2.18. The first-order chi connectivity index (χ1) is 39.5. The fourth-order valence-electron chi connectivity index (χ4n) is 10.2. The minimum Gasteiger partial charge on any atom is -0.462 e. The molecule has 1 atom stereocenters. The van der Waals surface area contributed by atoms with Crippen LogP contribution in [0.2, 0.25) is 0 Å². The topological polar surface area (TPSA) is 78.9 Å². The number of hydrogen-bond acceptors (Lipinski definition) is 6. The molecular weight excluding hydrogens is 985 g/mol. The number of hydrogen-bond donors (Lipinski definition) is 0. The van der Waals surface area contributed by atoms with Crippen molar-refractivity contribution in [3.63, 3.8) is 0 Å². The molecule has 0 aliphatic rings. The van der Waals surface area contributed by atoms with Gasteiger partial charge in [-0.05, 0) is 103 Å². The Bertz CT molecular complexity index is 1470. The molecular formula is C74H132O6. The molecule has 1 unspecified atom stereocenters. The molecule has 0 radical (unpaired) electrons. The summed E-state index contributed by atoms with van der Waals surface area (Å²) in [7, 11) is 0. The smallest absolute Gasteiger partial charge is 0.306 e. The van der Waals surface area contributed by atoms with Crippen LogP contribution in [0.4, 0.5) is 0 Å². The summed E-state index contributed by atoms with van der Waals surface area (Å²) < 4.78 is 16.9. The van der Waals surface area contributed by atoms with Crippen molar-refractivity contribution in [3.05, 3.63) is 72.9 Å². The maximum absolute atomic E-state index is 12.9. The van der Waals surface area contributed by atoms with E-state index in [1.165, 1.54) is 218 Å². The van der Waals surface area contributed by atoms with E-state index < -0.39 is 6.10 Å². The third-order valence-corrected chi connectivity index (χ3v) is 15.4. The molecule has 0 aromatic heterocycles. The van der Waals surface area contributed by atoms with E-state index in [1.54, 1.807) is 0 Å². The minimum absolute atomic E-state index is 0.0785. The Morgan fingerprint density at radius 2 is 0.512 bits per heavy atom. The van der Waals surface area contributed by atoms with E-state index in [0.29, 0.717) is 19.3 Å². The molecule has 6 heteroatoms. The number of unbranched alkanes of at least 4 members (excludes halogenated alkanes) is 41. The second-order valence-corrected chi connectivity index (χ2v) is 23.4. The number of rotatable bonds is 64. The van der Waals surface area contributed by atoms with Gasteiger partial charge in [-0.1, -0.05) is 312 Å². The Hall–Kier alpha value is -3.15. The average molecular weight is 1120 g/mol. The highest BCUT2D eigenvalue weighted by atomic mass is 16.6. The van der Waals surface area contributed by atoms with Crippen molar-refractivity contribution in [3.8, 4) is 0 Å². The highest BCUT2D eigenvalue weighted by Gasteiger charge is 2.19. The molecule has 0 N–H and O–H groups in total. The second kappa shape index (κ2) is 68.3. The van der Waals surface area contributed by atoms with Gasteiger partial charge in [0, 0.05) is 19.3 Å². The maximum atomic E-state index is 12.9. The molecule has 0 heterocycles. The molecule has 464 valence electrons. The van der Waals surface area contributed by atoms with Crippen LogP contribution in [0.15, 0.2) is 72.9 Å². The summed E-state index contributed by atoms with van der Waals surface area (Å²) in [5, 5.41) is 0. The molecule has 0 aliphatic carbocycles. The van der Waals surface area contributed by atoms with Gasteiger partial charge >= 0.3 is 17.9 Å². The van der Waals surface area contributed by atoms with Gasteiger partial charge in [-0.25, -0.2) is 0 Å². The predicted molar refractivity (Wildman–Crippen MR) is 348 cm³/mol. The Morgan fingerprint density at radius 3 is 0.825 bits per heavy atom. The van der Waals surface area contributed by atoms with Gasteiger partial charge in [0.25, 0.3) is 0 Å². The van der Waals surface area contributed by atoms with Gasteiger partial charge in [0.1, 0.15) is 13.2 Å². The summed E-state index contributed by atoms with van der Waals surface area (Å²) in [6.45, 7) is 6.50. The molecule has 0 rings (SSSR count). The lowest BCUT2D eigenvalue weighted by Gasteiger charge is -2.18. The Kier molecular flexibility index (Phi) is 65.7. The van der Waals surface area contributed by atoms with Crippen molar-refractivity contribution in [2.24, 2.45) is 0 Å². The van der Waals surface area contributed by atoms with Crippen LogP contribution in [0, 0.1) is 0 Å². The number of esters is 3. The van der Waals surface area contributed by atoms with Crippen molar-refractivity contribution >= 4 is 17.9 Å². The minimum atomic E-state index is -0.783. The van der Waals surface area contributed by atoms with Crippen LogP contribution in [0.25, 0.3) is 0 Å². The summed E-state index contributed by atoms with van der Waals surface area (Å²) in [6, 6.07) is 0. The third kappa shape index (κ3) is 65.7. The summed E-state index contributed by atoms with van der Waals surface area (Å²) in [5.41, 5.74) is 0. The average Bonchev–Trinajstić information content (AvgIpc) is 3.46. The van der Waals surface area contributed by atoms with Gasteiger partial charge in [0.2, 0.25) is 0 Å². The first kappa shape index (κ1) is 76.9. The lowest BCUT2D eigenvalue weighted by Crippen LogP contribution is -2.30. The zero-order valence-electron chi connectivity index (χ0n) is 53.3. The van der Waals surface area contributed by atoms with Gasteiger partial charge < -0.3 is 14.2 Å². The molecule has 0 saturated heterocycles. The summed E-state index contributed by atoms with van der Waals surface area (Å²) in [5.74, 6) is -0.881. The molecule has 0 fully saturated rings. The van der Waals surface area contributed by atoms with Crippen molar-refractivity contribution in [1.29, 1.82) is 0 Å². The Morgan fingerprint density at radius 1 is 0.263 bits per heavy atom. The highest BCUT2D eigenvalue weighted by molar-refractivity contribution is 5.71. The number of allylic oxidation sites excluding steroid dienone is 12. The molecule has 0 aliphatic heterocycles. The van der Waals surface area contributed by atoms with Crippen LogP contribution in [0.1, 0.15) is 361 Å². The second-order valence-electron chi connectivity index (χ2n) is 23.4. The van der Waals surface area contributed by atoms with Gasteiger partial charge in [0.15, 0.2) is 6.10 Å². The summed E-state index contributed by atoms with van der Waals surface area (Å²) in [6.07, 6.45) is 89.5. The lowest BCUT2D eigenvalue weighted by molar-refractivity contribution is -0.167. The number of carbonyl (C=O) groups excluding carboxylic acids is 3. The normalized spacial score (nSPS) is 12.5. The van der Waals surface area contributed by atoms with Crippen LogP contribution in [0.5, 0.6) is 0 Å². The molecule has 80 heavy (non-hydrogen) atoms. The molecule has 0 aromatic carbocycles. The first-order valence-electron chi connectivity index (χ1n) is 34.9. The van der Waals surface area contributed by atoms with Crippen LogP contribution in [-0.4, -0.2) is 37.2 Å². The van der Waals surface area contributed by atoms with E-state index in [1.807, 2.05) is 0 Å². The van der Waals surface area contributed by atoms with E-state index in [2.05, 4.69) is 93.7 Å². The molecule has 0 aromatic rings. The quantitative estimate of drug-likeness (QED) is 0.0261. The molecule has 0 saturated carbocycles. The maximum Gasteiger partial charge on any atom is 0.306 e. The third-order valence-electron chi connectivity index (χ3n) is 15.4. The summed E-state index contributed by atoms with van der Waals surface area (Å²) >= 11 is 0. The van der Waals surface area contributed by atoms with Crippen molar-refractivity contribution < 1.29 is 28.6 Å².